The van der Waals surface area contributed by atoms with Crippen LogP contribution in [0.5, 0.6) is 11.5 Å². The third-order valence-corrected chi connectivity index (χ3v) is 6.18. The molecule has 2 unspecified atom stereocenters. The maximum absolute atomic E-state index is 11.2. The fourth-order valence-electron chi connectivity index (χ4n) is 3.26. The molecule has 0 bridgehead atoms. The maximum Gasteiger partial charge on any atom is 0.303 e. The number of aliphatic hydroxyl groups excluding tert-OH is 1. The monoisotopic (exact) mass is 546 g/mol. The molecule has 0 spiro atoms. The molecule has 9 heteroatoms. The van der Waals surface area contributed by atoms with Gasteiger partial charge in [-0.2, -0.15) is 0 Å². The van der Waals surface area contributed by atoms with Gasteiger partial charge in [-0.3, -0.25) is 4.79 Å². The highest BCUT2D eigenvalue weighted by Gasteiger charge is 2.26. The first kappa shape index (κ1) is 29.5. The van der Waals surface area contributed by atoms with E-state index in [1.807, 2.05) is 38.1 Å². The normalized spacial score (nSPS) is 13.4. The van der Waals surface area contributed by atoms with Crippen LogP contribution < -0.4 is 9.47 Å². The van der Waals surface area contributed by atoms with Crippen LogP contribution in [0.4, 0.5) is 0 Å². The van der Waals surface area contributed by atoms with Crippen molar-refractivity contribution >= 4 is 40.8 Å². The van der Waals surface area contributed by atoms with Crippen LogP contribution in [0, 0.1) is 0 Å². The summed E-state index contributed by atoms with van der Waals surface area (Å²) in [4.78, 5) is 11.2. The average Bonchev–Trinajstić information content (AvgIpc) is 2.79. The standard InChI is InChI=1S/C26H33Cl3O6/c1-16(2)32-13-20(31)14-33-21-8-6-18(7-9-21)26(4,5)19-10-23(28)25(24(29)11-19)34-15-22(12-27)35-17(3)30/h6-11,16,20,22,31H,12-15H2,1-5H3. The number of benzene rings is 2. The second-order valence-corrected chi connectivity index (χ2v) is 10.1. The second kappa shape index (κ2) is 13.6. The second-order valence-electron chi connectivity index (χ2n) is 8.96. The van der Waals surface area contributed by atoms with Crippen molar-refractivity contribution < 1.29 is 28.8 Å². The van der Waals surface area contributed by atoms with Crippen LogP contribution in [-0.2, 0) is 19.7 Å². The fourth-order valence-corrected chi connectivity index (χ4v) is 4.01. The minimum atomic E-state index is -0.702. The van der Waals surface area contributed by atoms with Gasteiger partial charge in [-0.25, -0.2) is 0 Å². The molecule has 0 saturated carbocycles. The molecule has 0 aliphatic heterocycles. The Bertz CT molecular complexity index is 939. The summed E-state index contributed by atoms with van der Waals surface area (Å²) in [6.07, 6.45) is -1.26. The molecule has 6 nitrogen and oxygen atoms in total. The Labute approximate surface area is 222 Å². The van der Waals surface area contributed by atoms with Crippen LogP contribution in [0.2, 0.25) is 10.0 Å². The summed E-state index contributed by atoms with van der Waals surface area (Å²) in [6, 6.07) is 11.2. The molecule has 0 saturated heterocycles. The zero-order valence-corrected chi connectivity index (χ0v) is 22.9. The van der Waals surface area contributed by atoms with E-state index >= 15 is 0 Å². The van der Waals surface area contributed by atoms with Crippen LogP contribution in [-0.4, -0.2) is 55.1 Å². The van der Waals surface area contributed by atoms with Crippen molar-refractivity contribution in [1.82, 2.24) is 0 Å². The van der Waals surface area contributed by atoms with Crippen LogP contribution >= 0.6 is 34.8 Å². The van der Waals surface area contributed by atoms with Crippen molar-refractivity contribution in [3.8, 4) is 11.5 Å². The van der Waals surface area contributed by atoms with Crippen molar-refractivity contribution in [3.63, 3.8) is 0 Å². The Hall–Kier alpha value is -1.70. The van der Waals surface area contributed by atoms with Gasteiger partial charge in [0.15, 0.2) is 5.75 Å². The van der Waals surface area contributed by atoms with Crippen molar-refractivity contribution in [2.75, 3.05) is 25.7 Å². The minimum absolute atomic E-state index is 0.0328. The van der Waals surface area contributed by atoms with Gasteiger partial charge in [0.25, 0.3) is 0 Å². The number of rotatable bonds is 13. The highest BCUT2D eigenvalue weighted by Crippen LogP contribution is 2.40. The summed E-state index contributed by atoms with van der Waals surface area (Å²) >= 11 is 18.8. The number of hydrogen-bond acceptors (Lipinski definition) is 6. The maximum atomic E-state index is 11.2. The van der Waals surface area contributed by atoms with Gasteiger partial charge in [0.05, 0.1) is 28.6 Å². The van der Waals surface area contributed by atoms with Gasteiger partial charge >= 0.3 is 5.97 Å². The predicted molar refractivity (Wildman–Crippen MR) is 139 cm³/mol. The lowest BCUT2D eigenvalue weighted by atomic mass is 9.78. The number of carbonyl (C=O) groups excluding carboxylic acids is 1. The number of aliphatic hydroxyl groups is 1. The summed E-state index contributed by atoms with van der Waals surface area (Å²) < 4.78 is 21.9. The summed E-state index contributed by atoms with van der Waals surface area (Å²) in [7, 11) is 0. The molecular weight excluding hydrogens is 515 g/mol. The van der Waals surface area contributed by atoms with Crippen molar-refractivity contribution in [2.24, 2.45) is 0 Å². The highest BCUT2D eigenvalue weighted by molar-refractivity contribution is 6.37. The first-order chi connectivity index (χ1) is 16.4. The van der Waals surface area contributed by atoms with E-state index in [9.17, 15) is 9.90 Å². The van der Waals surface area contributed by atoms with Crippen molar-refractivity contribution in [1.29, 1.82) is 0 Å². The van der Waals surface area contributed by atoms with E-state index in [0.29, 0.717) is 21.5 Å². The molecule has 0 aliphatic rings. The number of halogens is 3. The molecule has 194 valence electrons. The number of alkyl halides is 1. The predicted octanol–water partition coefficient (Wildman–Crippen LogP) is 6.03. The fraction of sp³-hybridized carbons (Fsp3) is 0.500. The summed E-state index contributed by atoms with van der Waals surface area (Å²) in [5.41, 5.74) is 1.49. The Morgan fingerprint density at radius 2 is 1.57 bits per heavy atom. The molecule has 0 heterocycles. The van der Waals surface area contributed by atoms with Crippen molar-refractivity contribution in [3.05, 3.63) is 57.6 Å². The molecule has 35 heavy (non-hydrogen) atoms. The van der Waals surface area contributed by atoms with Crippen molar-refractivity contribution in [2.45, 2.75) is 58.3 Å². The minimum Gasteiger partial charge on any atom is -0.491 e. The van der Waals surface area contributed by atoms with Gasteiger partial charge in [-0.05, 0) is 49.2 Å². The van der Waals surface area contributed by atoms with E-state index < -0.39 is 23.6 Å². The van der Waals surface area contributed by atoms with Gasteiger partial charge in [-0.1, -0.05) is 49.2 Å². The Kier molecular flexibility index (Phi) is 11.4. The summed E-state index contributed by atoms with van der Waals surface area (Å²) in [6.45, 7) is 9.65. The molecular formula is C26H33Cl3O6. The van der Waals surface area contributed by atoms with Gasteiger partial charge in [0.2, 0.25) is 0 Å². The first-order valence-electron chi connectivity index (χ1n) is 11.3. The number of carbonyl (C=O) groups is 1. The van der Waals surface area contributed by atoms with E-state index in [4.69, 9.17) is 53.8 Å². The SMILES string of the molecule is CC(=O)OC(CCl)COc1c(Cl)cc(C(C)(C)c2ccc(OCC(O)COC(C)C)cc2)cc1Cl. The lowest BCUT2D eigenvalue weighted by molar-refractivity contribution is -0.146. The third kappa shape index (κ3) is 9.03. The quantitative estimate of drug-likeness (QED) is 0.244. The molecule has 2 aromatic rings. The van der Waals surface area contributed by atoms with E-state index in [1.165, 1.54) is 6.92 Å². The van der Waals surface area contributed by atoms with Crippen LogP contribution in [0.1, 0.15) is 45.7 Å². The number of ether oxygens (including phenoxy) is 4. The summed E-state index contributed by atoms with van der Waals surface area (Å²) in [5.74, 6) is 0.597. The summed E-state index contributed by atoms with van der Waals surface area (Å²) in [5, 5.41) is 10.7. The first-order valence-corrected chi connectivity index (χ1v) is 12.6. The molecule has 1 N–H and O–H groups in total. The molecule has 0 fully saturated rings. The molecule has 0 radical (unpaired) electrons. The van der Waals surface area contributed by atoms with Gasteiger partial charge < -0.3 is 24.1 Å². The third-order valence-electron chi connectivity index (χ3n) is 5.28. The smallest absolute Gasteiger partial charge is 0.303 e. The topological polar surface area (TPSA) is 74.2 Å². The lowest BCUT2D eigenvalue weighted by Crippen LogP contribution is -2.26. The molecule has 2 rings (SSSR count). The van der Waals surface area contributed by atoms with Gasteiger partial charge in [-0.15, -0.1) is 11.6 Å². The average molecular weight is 548 g/mol. The molecule has 2 aromatic carbocycles. The number of esters is 1. The van der Waals surface area contributed by atoms with E-state index in [0.717, 1.165) is 11.1 Å². The Morgan fingerprint density at radius 3 is 2.09 bits per heavy atom. The molecule has 0 aromatic heterocycles. The van der Waals surface area contributed by atoms with Crippen LogP contribution in [0.15, 0.2) is 36.4 Å². The van der Waals surface area contributed by atoms with Gasteiger partial charge in [0, 0.05) is 12.3 Å². The lowest BCUT2D eigenvalue weighted by Gasteiger charge is -2.27. The highest BCUT2D eigenvalue weighted by atomic mass is 35.5. The van der Waals surface area contributed by atoms with Crippen LogP contribution in [0.3, 0.4) is 0 Å². The molecule has 0 aliphatic carbocycles. The zero-order chi connectivity index (χ0) is 26.2. The molecule has 2 atom stereocenters. The van der Waals surface area contributed by atoms with Gasteiger partial charge in [0.1, 0.15) is 31.2 Å². The Morgan fingerprint density at radius 1 is 0.971 bits per heavy atom. The van der Waals surface area contributed by atoms with E-state index in [1.54, 1.807) is 12.1 Å². The van der Waals surface area contributed by atoms with E-state index in [-0.39, 0.29) is 31.8 Å². The zero-order valence-electron chi connectivity index (χ0n) is 20.6. The number of hydrogen-bond donors (Lipinski definition) is 1. The Balaban J connectivity index is 2.09. The molecule has 0 amide bonds. The largest absolute Gasteiger partial charge is 0.491 e. The van der Waals surface area contributed by atoms with E-state index in [2.05, 4.69) is 13.8 Å². The van der Waals surface area contributed by atoms with Crippen LogP contribution in [0.25, 0.3) is 0 Å².